The molecule has 1 atom stereocenters. The fraction of sp³-hybridized carbons (Fsp3) is 0.222. The van der Waals surface area contributed by atoms with Crippen molar-refractivity contribution in [1.82, 2.24) is 15.0 Å². The molecule has 2 aromatic heterocycles. The van der Waals surface area contributed by atoms with Crippen molar-refractivity contribution in [2.24, 2.45) is 10.9 Å². The summed E-state index contributed by atoms with van der Waals surface area (Å²) >= 11 is 0. The Bertz CT molecular complexity index is 471. The maximum Gasteiger partial charge on any atom is 0.177 e. The predicted molar refractivity (Wildman–Crippen MR) is 55.7 cm³/mol. The molecule has 0 spiro atoms. The van der Waals surface area contributed by atoms with E-state index in [0.717, 1.165) is 5.52 Å². The highest BCUT2D eigenvalue weighted by atomic mass is 16.4. The molecule has 0 aliphatic heterocycles. The summed E-state index contributed by atoms with van der Waals surface area (Å²) in [6, 6.07) is 3.69. The van der Waals surface area contributed by atoms with Crippen LogP contribution in [0.25, 0.3) is 11.2 Å². The number of nitrogens with zero attached hydrogens (tertiary/aromatic N) is 3. The number of fused-ring (bicyclic) bond motifs is 1. The molecular weight excluding hydrogens is 194 g/mol. The molecule has 2 heterocycles. The van der Waals surface area contributed by atoms with Crippen LogP contribution in [0.2, 0.25) is 0 Å². The van der Waals surface area contributed by atoms with Gasteiger partial charge in [0.1, 0.15) is 11.7 Å². The third-order valence-electron chi connectivity index (χ3n) is 2.25. The van der Waals surface area contributed by atoms with Crippen LogP contribution in [0.3, 0.4) is 0 Å². The van der Waals surface area contributed by atoms with Crippen molar-refractivity contribution in [2.75, 3.05) is 0 Å². The van der Waals surface area contributed by atoms with Crippen LogP contribution in [-0.2, 0) is 0 Å². The Kier molecular flexibility index (Phi) is 2.24. The number of oxime groups is 1. The predicted octanol–water partition coefficient (Wildman–Crippen LogP) is 0.808. The number of nitrogens with two attached hydrogens (primary N) is 1. The van der Waals surface area contributed by atoms with E-state index >= 15 is 0 Å². The number of aromatic nitrogens is 3. The molecule has 15 heavy (non-hydrogen) atoms. The molecular formula is C9H11N5O. The fourth-order valence-electron chi connectivity index (χ4n) is 1.30. The topological polar surface area (TPSA) is 100 Å². The van der Waals surface area contributed by atoms with Gasteiger partial charge in [0.05, 0.1) is 11.4 Å². The zero-order valence-electron chi connectivity index (χ0n) is 8.18. The molecule has 0 amide bonds. The molecule has 0 saturated heterocycles. The number of rotatable bonds is 2. The van der Waals surface area contributed by atoms with Crippen molar-refractivity contribution >= 4 is 17.0 Å². The van der Waals surface area contributed by atoms with Gasteiger partial charge < -0.3 is 15.9 Å². The van der Waals surface area contributed by atoms with Crippen LogP contribution >= 0.6 is 0 Å². The van der Waals surface area contributed by atoms with Gasteiger partial charge in [-0.2, -0.15) is 0 Å². The number of nitrogens with one attached hydrogen (secondary N) is 1. The number of hydrogen-bond acceptors (Lipinski definition) is 4. The maximum absolute atomic E-state index is 8.55. The number of H-pyrrole nitrogens is 1. The lowest BCUT2D eigenvalue weighted by molar-refractivity contribution is 0.316. The first-order chi connectivity index (χ1) is 7.22. The van der Waals surface area contributed by atoms with Crippen LogP contribution in [0, 0.1) is 0 Å². The van der Waals surface area contributed by atoms with Crippen LogP contribution in [0.1, 0.15) is 18.7 Å². The van der Waals surface area contributed by atoms with Crippen LogP contribution in [0.5, 0.6) is 0 Å². The van der Waals surface area contributed by atoms with Gasteiger partial charge in [-0.3, -0.25) is 0 Å². The average molecular weight is 205 g/mol. The van der Waals surface area contributed by atoms with Crippen molar-refractivity contribution in [2.45, 2.75) is 12.8 Å². The van der Waals surface area contributed by atoms with Gasteiger partial charge in [-0.05, 0) is 19.1 Å². The highest BCUT2D eigenvalue weighted by molar-refractivity contribution is 5.86. The molecule has 1 unspecified atom stereocenters. The van der Waals surface area contributed by atoms with Gasteiger partial charge >= 0.3 is 0 Å². The second-order valence-electron chi connectivity index (χ2n) is 3.24. The molecule has 0 bridgehead atoms. The van der Waals surface area contributed by atoms with E-state index < -0.39 is 0 Å². The molecule has 0 radical (unpaired) electrons. The van der Waals surface area contributed by atoms with Gasteiger partial charge in [0, 0.05) is 6.20 Å². The van der Waals surface area contributed by atoms with E-state index in [1.807, 2.05) is 12.1 Å². The number of amidine groups is 1. The van der Waals surface area contributed by atoms with Crippen molar-refractivity contribution in [3.63, 3.8) is 0 Å². The Hall–Kier alpha value is -2.11. The summed E-state index contributed by atoms with van der Waals surface area (Å²) < 4.78 is 0. The summed E-state index contributed by atoms with van der Waals surface area (Å²) in [5, 5.41) is 11.5. The minimum atomic E-state index is -0.260. The molecule has 2 rings (SSSR count). The van der Waals surface area contributed by atoms with Gasteiger partial charge in [-0.15, -0.1) is 0 Å². The van der Waals surface area contributed by atoms with E-state index in [1.165, 1.54) is 0 Å². The summed E-state index contributed by atoms with van der Waals surface area (Å²) in [5.74, 6) is 0.497. The summed E-state index contributed by atoms with van der Waals surface area (Å²) in [6.45, 7) is 1.80. The molecule has 0 saturated carbocycles. The smallest absolute Gasteiger partial charge is 0.177 e. The van der Waals surface area contributed by atoms with Crippen molar-refractivity contribution in [3.8, 4) is 0 Å². The summed E-state index contributed by atoms with van der Waals surface area (Å²) in [6.07, 6.45) is 1.67. The van der Waals surface area contributed by atoms with Crippen molar-refractivity contribution in [1.29, 1.82) is 0 Å². The second kappa shape index (κ2) is 3.56. The Morgan fingerprint density at radius 2 is 2.47 bits per heavy atom. The molecule has 0 fully saturated rings. The molecule has 0 aliphatic carbocycles. The minimum absolute atomic E-state index is 0.119. The molecule has 4 N–H and O–H groups in total. The first kappa shape index (κ1) is 9.45. The number of pyridine rings is 1. The molecule has 2 aromatic rings. The molecule has 6 heteroatoms. The van der Waals surface area contributed by atoms with Crippen molar-refractivity contribution < 1.29 is 5.21 Å². The lowest BCUT2D eigenvalue weighted by atomic mass is 10.1. The van der Waals surface area contributed by atoms with Crippen LogP contribution in [0.4, 0.5) is 0 Å². The number of aromatic amines is 1. The number of imidazole rings is 1. The maximum atomic E-state index is 8.55. The lowest BCUT2D eigenvalue weighted by Crippen LogP contribution is -2.20. The van der Waals surface area contributed by atoms with Crippen LogP contribution < -0.4 is 5.73 Å². The molecule has 0 aliphatic rings. The van der Waals surface area contributed by atoms with E-state index in [1.54, 1.807) is 13.1 Å². The average Bonchev–Trinajstić information content (AvgIpc) is 2.70. The van der Waals surface area contributed by atoms with E-state index in [-0.39, 0.29) is 11.8 Å². The zero-order valence-corrected chi connectivity index (χ0v) is 8.18. The van der Waals surface area contributed by atoms with Crippen molar-refractivity contribution in [3.05, 3.63) is 24.2 Å². The SMILES string of the molecule is CC(/C(N)=N/O)c1nc2ncccc2[nH]1. The highest BCUT2D eigenvalue weighted by Crippen LogP contribution is 2.15. The standard InChI is InChI=1S/C9H11N5O/c1-5(7(10)14-15)8-12-6-3-2-4-11-9(6)13-8/h2-5,15H,1H3,(H2,10,14)(H,11,12,13). The quantitative estimate of drug-likeness (QED) is 0.292. The van der Waals surface area contributed by atoms with Gasteiger partial charge in [0.2, 0.25) is 0 Å². The first-order valence-electron chi connectivity index (χ1n) is 4.50. The third kappa shape index (κ3) is 1.61. The Balaban J connectivity index is 2.45. The van der Waals surface area contributed by atoms with Crippen LogP contribution in [-0.4, -0.2) is 26.0 Å². The van der Waals surface area contributed by atoms with E-state index in [4.69, 9.17) is 10.9 Å². The molecule has 6 nitrogen and oxygen atoms in total. The largest absolute Gasteiger partial charge is 0.409 e. The monoisotopic (exact) mass is 205 g/mol. The Morgan fingerprint density at radius 3 is 3.13 bits per heavy atom. The van der Waals surface area contributed by atoms with Gasteiger partial charge in [-0.25, -0.2) is 9.97 Å². The fourth-order valence-corrected chi connectivity index (χ4v) is 1.30. The van der Waals surface area contributed by atoms with E-state index in [0.29, 0.717) is 11.5 Å². The summed E-state index contributed by atoms with van der Waals surface area (Å²) in [7, 11) is 0. The van der Waals surface area contributed by atoms with Gasteiger partial charge in [0.15, 0.2) is 5.65 Å². The number of hydrogen-bond donors (Lipinski definition) is 3. The normalized spacial score (nSPS) is 14.3. The van der Waals surface area contributed by atoms with Gasteiger partial charge in [-0.1, -0.05) is 5.16 Å². The summed E-state index contributed by atoms with van der Waals surface area (Å²) in [4.78, 5) is 11.4. The Morgan fingerprint density at radius 1 is 1.67 bits per heavy atom. The van der Waals surface area contributed by atoms with E-state index in [2.05, 4.69) is 20.1 Å². The zero-order chi connectivity index (χ0) is 10.8. The summed E-state index contributed by atoms with van der Waals surface area (Å²) in [5.41, 5.74) is 6.96. The van der Waals surface area contributed by atoms with E-state index in [9.17, 15) is 0 Å². The van der Waals surface area contributed by atoms with Crippen LogP contribution in [0.15, 0.2) is 23.5 Å². The molecule has 0 aromatic carbocycles. The lowest BCUT2D eigenvalue weighted by Gasteiger charge is -2.04. The van der Waals surface area contributed by atoms with Gasteiger partial charge in [0.25, 0.3) is 0 Å². The third-order valence-corrected chi connectivity index (χ3v) is 2.25. The molecule has 78 valence electrons. The second-order valence-corrected chi connectivity index (χ2v) is 3.24. The first-order valence-corrected chi connectivity index (χ1v) is 4.50. The Labute approximate surface area is 85.8 Å². The minimum Gasteiger partial charge on any atom is -0.409 e. The highest BCUT2D eigenvalue weighted by Gasteiger charge is 2.15.